The third-order valence-electron chi connectivity index (χ3n) is 4.47. The first kappa shape index (κ1) is 18.5. The summed E-state index contributed by atoms with van der Waals surface area (Å²) < 4.78 is 5.09. The van der Waals surface area contributed by atoms with E-state index in [1.807, 2.05) is 4.90 Å². The number of amides is 1. The topological polar surface area (TPSA) is 58.6 Å². The number of rotatable bonds is 9. The summed E-state index contributed by atoms with van der Waals surface area (Å²) in [6, 6.07) is 7.44. The molecule has 0 saturated carbocycles. The minimum Gasteiger partial charge on any atom is -0.497 e. The highest BCUT2D eigenvalue weighted by atomic mass is 16.5. The molecule has 24 heavy (non-hydrogen) atoms. The zero-order chi connectivity index (χ0) is 17.4. The van der Waals surface area contributed by atoms with Gasteiger partial charge in [-0.25, -0.2) is 0 Å². The number of ketones is 1. The third kappa shape index (κ3) is 5.06. The number of Topliss-reactive ketones (excluding diaryl/α,β-unsaturated/α-hetero) is 1. The molecule has 0 spiro atoms. The summed E-state index contributed by atoms with van der Waals surface area (Å²) in [5, 5.41) is 3.31. The number of benzene rings is 1. The first-order valence-corrected chi connectivity index (χ1v) is 8.83. The van der Waals surface area contributed by atoms with Crippen molar-refractivity contribution < 1.29 is 14.3 Å². The van der Waals surface area contributed by atoms with Crippen LogP contribution in [0.15, 0.2) is 24.3 Å². The van der Waals surface area contributed by atoms with Crippen molar-refractivity contribution in [1.82, 2.24) is 10.2 Å². The van der Waals surface area contributed by atoms with Gasteiger partial charge in [0.05, 0.1) is 7.11 Å². The minimum atomic E-state index is 0.0787. The molecule has 0 bridgehead atoms. The van der Waals surface area contributed by atoms with Crippen LogP contribution in [0.5, 0.6) is 5.75 Å². The quantitative estimate of drug-likeness (QED) is 0.706. The molecule has 1 aromatic rings. The van der Waals surface area contributed by atoms with Gasteiger partial charge in [-0.3, -0.25) is 9.59 Å². The van der Waals surface area contributed by atoms with Gasteiger partial charge in [-0.05, 0) is 50.1 Å². The summed E-state index contributed by atoms with van der Waals surface area (Å²) in [4.78, 5) is 26.7. The lowest BCUT2D eigenvalue weighted by molar-refractivity contribution is -0.133. The Morgan fingerprint density at radius 2 is 2.00 bits per heavy atom. The predicted molar refractivity (Wildman–Crippen MR) is 94.5 cm³/mol. The van der Waals surface area contributed by atoms with E-state index in [4.69, 9.17) is 4.74 Å². The fraction of sp³-hybridized carbons (Fsp3) is 0.579. The van der Waals surface area contributed by atoms with Crippen molar-refractivity contribution in [3.8, 4) is 5.75 Å². The van der Waals surface area contributed by atoms with Crippen molar-refractivity contribution in [3.63, 3.8) is 0 Å². The normalized spacial score (nSPS) is 16.8. The molecule has 5 nitrogen and oxygen atoms in total. The van der Waals surface area contributed by atoms with Gasteiger partial charge in [0, 0.05) is 37.5 Å². The van der Waals surface area contributed by atoms with E-state index in [0.717, 1.165) is 38.2 Å². The van der Waals surface area contributed by atoms with Gasteiger partial charge in [-0.2, -0.15) is 0 Å². The molecule has 0 aromatic heterocycles. The summed E-state index contributed by atoms with van der Waals surface area (Å²) in [7, 11) is 1.60. The molecule has 1 fully saturated rings. The smallest absolute Gasteiger partial charge is 0.222 e. The standard InChI is InChI=1S/C19H28N2O3/c1-3-13-21(16-11-12-20-14-16)19(23)6-4-5-18(22)15-7-9-17(24-2)10-8-15/h7-10,16,20H,3-6,11-14H2,1-2H3. The highest BCUT2D eigenvalue weighted by Gasteiger charge is 2.25. The monoisotopic (exact) mass is 332 g/mol. The van der Waals surface area contributed by atoms with E-state index >= 15 is 0 Å². The summed E-state index contributed by atoms with van der Waals surface area (Å²) in [6.45, 7) is 4.76. The molecule has 1 aliphatic heterocycles. The Labute approximate surface area is 144 Å². The first-order chi connectivity index (χ1) is 11.7. The van der Waals surface area contributed by atoms with Gasteiger partial charge in [-0.1, -0.05) is 6.92 Å². The van der Waals surface area contributed by atoms with Crippen LogP contribution in [0.4, 0.5) is 0 Å². The largest absolute Gasteiger partial charge is 0.497 e. The lowest BCUT2D eigenvalue weighted by atomic mass is 10.0. The van der Waals surface area contributed by atoms with Crippen LogP contribution in [0.3, 0.4) is 0 Å². The van der Waals surface area contributed by atoms with Gasteiger partial charge in [-0.15, -0.1) is 0 Å². The number of carbonyl (C=O) groups is 2. The highest BCUT2D eigenvalue weighted by Crippen LogP contribution is 2.16. The predicted octanol–water partition coefficient (Wildman–Crippen LogP) is 2.65. The second kappa shape index (κ2) is 9.42. The van der Waals surface area contributed by atoms with Crippen molar-refractivity contribution in [2.75, 3.05) is 26.7 Å². The number of ether oxygens (including phenoxy) is 1. The fourth-order valence-electron chi connectivity index (χ4n) is 3.12. The maximum absolute atomic E-state index is 12.5. The molecule has 0 radical (unpaired) electrons. The van der Waals surface area contributed by atoms with Crippen LogP contribution in [0, 0.1) is 0 Å². The zero-order valence-corrected chi connectivity index (χ0v) is 14.7. The van der Waals surface area contributed by atoms with Crippen LogP contribution >= 0.6 is 0 Å². The molecular weight excluding hydrogens is 304 g/mol. The maximum atomic E-state index is 12.5. The second-order valence-electron chi connectivity index (χ2n) is 6.24. The Morgan fingerprint density at radius 3 is 2.58 bits per heavy atom. The maximum Gasteiger partial charge on any atom is 0.222 e. The van der Waals surface area contributed by atoms with Crippen molar-refractivity contribution in [3.05, 3.63) is 29.8 Å². The Morgan fingerprint density at radius 1 is 1.25 bits per heavy atom. The van der Waals surface area contributed by atoms with E-state index in [1.165, 1.54) is 0 Å². The molecule has 1 N–H and O–H groups in total. The van der Waals surface area contributed by atoms with Crippen molar-refractivity contribution in [2.45, 2.75) is 45.1 Å². The number of nitrogens with one attached hydrogen (secondary N) is 1. The Kier molecular flexibility index (Phi) is 7.25. The van der Waals surface area contributed by atoms with Gasteiger partial charge in [0.25, 0.3) is 0 Å². The van der Waals surface area contributed by atoms with E-state index in [1.54, 1.807) is 31.4 Å². The summed E-state index contributed by atoms with van der Waals surface area (Å²) in [5.41, 5.74) is 0.675. The van der Waals surface area contributed by atoms with Gasteiger partial charge < -0.3 is 15.0 Å². The average Bonchev–Trinajstić information content (AvgIpc) is 3.13. The van der Waals surface area contributed by atoms with Crippen molar-refractivity contribution in [2.24, 2.45) is 0 Å². The van der Waals surface area contributed by atoms with Gasteiger partial charge in [0.15, 0.2) is 5.78 Å². The molecule has 1 saturated heterocycles. The molecule has 1 atom stereocenters. The van der Waals surface area contributed by atoms with E-state index < -0.39 is 0 Å². The number of hydrogen-bond acceptors (Lipinski definition) is 4. The second-order valence-corrected chi connectivity index (χ2v) is 6.24. The lowest BCUT2D eigenvalue weighted by Gasteiger charge is -2.28. The first-order valence-electron chi connectivity index (χ1n) is 8.83. The molecule has 1 amide bonds. The molecule has 5 heteroatoms. The Balaban J connectivity index is 1.80. The molecule has 1 aliphatic rings. The molecule has 132 valence electrons. The Hall–Kier alpha value is -1.88. The Bertz CT molecular complexity index is 536. The van der Waals surface area contributed by atoms with Crippen LogP contribution in [0.1, 0.15) is 49.4 Å². The number of carbonyl (C=O) groups excluding carboxylic acids is 2. The molecule has 2 rings (SSSR count). The summed E-state index contributed by atoms with van der Waals surface area (Å²) >= 11 is 0. The zero-order valence-electron chi connectivity index (χ0n) is 14.7. The number of hydrogen-bond donors (Lipinski definition) is 1. The molecule has 1 aromatic carbocycles. The number of methoxy groups -OCH3 is 1. The van der Waals surface area contributed by atoms with Crippen LogP contribution in [0.2, 0.25) is 0 Å². The third-order valence-corrected chi connectivity index (χ3v) is 4.47. The average molecular weight is 332 g/mol. The molecule has 1 heterocycles. The molecular formula is C19H28N2O3. The van der Waals surface area contributed by atoms with Gasteiger partial charge >= 0.3 is 0 Å². The minimum absolute atomic E-state index is 0.0787. The number of nitrogens with zero attached hydrogens (tertiary/aromatic N) is 1. The van der Waals surface area contributed by atoms with Gasteiger partial charge in [0.1, 0.15) is 5.75 Å². The van der Waals surface area contributed by atoms with Crippen molar-refractivity contribution >= 4 is 11.7 Å². The van der Waals surface area contributed by atoms with E-state index in [2.05, 4.69) is 12.2 Å². The van der Waals surface area contributed by atoms with Crippen molar-refractivity contribution in [1.29, 1.82) is 0 Å². The van der Waals surface area contributed by atoms with Crippen LogP contribution < -0.4 is 10.1 Å². The fourth-order valence-corrected chi connectivity index (χ4v) is 3.12. The lowest BCUT2D eigenvalue weighted by Crippen LogP contribution is -2.42. The molecule has 1 unspecified atom stereocenters. The highest BCUT2D eigenvalue weighted by molar-refractivity contribution is 5.96. The van der Waals surface area contributed by atoms with E-state index in [9.17, 15) is 9.59 Å². The summed E-state index contributed by atoms with van der Waals surface area (Å²) in [6.07, 6.45) is 3.44. The summed E-state index contributed by atoms with van der Waals surface area (Å²) in [5.74, 6) is 0.991. The van der Waals surface area contributed by atoms with E-state index in [-0.39, 0.29) is 11.7 Å². The van der Waals surface area contributed by atoms with Crippen LogP contribution in [-0.4, -0.2) is 49.4 Å². The SMILES string of the molecule is CCCN(C(=O)CCCC(=O)c1ccc(OC)cc1)C1CCNC1. The van der Waals surface area contributed by atoms with Gasteiger partial charge in [0.2, 0.25) is 5.91 Å². The van der Waals surface area contributed by atoms with E-state index in [0.29, 0.717) is 30.9 Å². The van der Waals surface area contributed by atoms with Crippen LogP contribution in [-0.2, 0) is 4.79 Å². The van der Waals surface area contributed by atoms with Crippen LogP contribution in [0.25, 0.3) is 0 Å². The molecule has 0 aliphatic carbocycles.